The van der Waals surface area contributed by atoms with Gasteiger partial charge in [0.15, 0.2) is 5.65 Å². The van der Waals surface area contributed by atoms with Gasteiger partial charge in [0.1, 0.15) is 0 Å². The summed E-state index contributed by atoms with van der Waals surface area (Å²) < 4.78 is 1.45. The molecule has 3 rings (SSSR count). The van der Waals surface area contributed by atoms with E-state index in [9.17, 15) is 14.4 Å². The maximum Gasteiger partial charge on any atom is 0.329 e. The number of amides is 1. The predicted molar refractivity (Wildman–Crippen MR) is 109 cm³/mol. The van der Waals surface area contributed by atoms with Crippen LogP contribution in [0.2, 0.25) is 0 Å². The zero-order valence-corrected chi connectivity index (χ0v) is 17.0. The Balaban J connectivity index is 2.14. The molecular weight excluding hydrogens is 358 g/mol. The number of nitrogens with zero attached hydrogens (tertiary/aromatic N) is 2. The van der Waals surface area contributed by atoms with E-state index in [2.05, 4.69) is 27.5 Å². The van der Waals surface area contributed by atoms with Crippen LogP contribution in [-0.4, -0.2) is 39.1 Å². The van der Waals surface area contributed by atoms with E-state index in [-0.39, 0.29) is 34.5 Å². The van der Waals surface area contributed by atoms with E-state index in [1.54, 1.807) is 6.07 Å². The topological polar surface area (TPSA) is 109 Å². The molecule has 152 valence electrons. The summed E-state index contributed by atoms with van der Waals surface area (Å²) in [5.74, 6) is -0.236. The second-order valence-electron chi connectivity index (χ2n) is 7.91. The van der Waals surface area contributed by atoms with Crippen LogP contribution in [0.25, 0.3) is 11.0 Å². The van der Waals surface area contributed by atoms with Crippen LogP contribution in [0.3, 0.4) is 0 Å². The minimum atomic E-state index is -0.570. The van der Waals surface area contributed by atoms with Gasteiger partial charge in [-0.05, 0) is 44.7 Å². The van der Waals surface area contributed by atoms with Crippen molar-refractivity contribution >= 4 is 16.9 Å². The van der Waals surface area contributed by atoms with Crippen molar-refractivity contribution in [2.24, 2.45) is 0 Å². The maximum absolute atomic E-state index is 13.1. The molecule has 0 bridgehead atoms. The highest BCUT2D eigenvalue weighted by Gasteiger charge is 2.24. The third-order valence-electron chi connectivity index (χ3n) is 5.21. The molecule has 2 atom stereocenters. The third-order valence-corrected chi connectivity index (χ3v) is 5.21. The number of piperidine rings is 1. The number of fused-ring (bicyclic) bond motifs is 1. The summed E-state index contributed by atoms with van der Waals surface area (Å²) in [7, 11) is 0. The number of nitrogens with one attached hydrogen (secondary N) is 3. The molecule has 2 unspecified atom stereocenters. The molecule has 2 aromatic rings. The minimum Gasteiger partial charge on any atom is -0.349 e. The van der Waals surface area contributed by atoms with E-state index in [4.69, 9.17) is 0 Å². The van der Waals surface area contributed by atoms with Crippen LogP contribution in [0.15, 0.2) is 15.7 Å². The summed E-state index contributed by atoms with van der Waals surface area (Å²) in [5, 5.41) is 6.61. The number of aromatic nitrogens is 3. The van der Waals surface area contributed by atoms with Crippen LogP contribution in [0.1, 0.15) is 68.9 Å². The summed E-state index contributed by atoms with van der Waals surface area (Å²) in [6.45, 7) is 9.25. The molecule has 0 aliphatic carbocycles. The van der Waals surface area contributed by atoms with Crippen molar-refractivity contribution in [2.75, 3.05) is 6.54 Å². The van der Waals surface area contributed by atoms with Crippen molar-refractivity contribution in [3.63, 3.8) is 0 Å². The van der Waals surface area contributed by atoms with E-state index in [1.807, 2.05) is 20.8 Å². The summed E-state index contributed by atoms with van der Waals surface area (Å²) in [4.78, 5) is 45.0. The van der Waals surface area contributed by atoms with Crippen molar-refractivity contribution in [2.45, 2.75) is 71.5 Å². The average molecular weight is 387 g/mol. The second-order valence-corrected chi connectivity index (χ2v) is 7.91. The first-order valence-electron chi connectivity index (χ1n) is 10.0. The van der Waals surface area contributed by atoms with Gasteiger partial charge < -0.3 is 10.6 Å². The molecule has 0 radical (unpaired) electrons. The van der Waals surface area contributed by atoms with Crippen LogP contribution in [0.5, 0.6) is 0 Å². The summed E-state index contributed by atoms with van der Waals surface area (Å²) in [5.41, 5.74) is 0.188. The summed E-state index contributed by atoms with van der Waals surface area (Å²) in [6.07, 6.45) is 2.39. The third kappa shape index (κ3) is 4.01. The van der Waals surface area contributed by atoms with Gasteiger partial charge >= 0.3 is 5.69 Å². The lowest BCUT2D eigenvalue weighted by Gasteiger charge is -2.28. The molecule has 8 heteroatoms. The van der Waals surface area contributed by atoms with E-state index >= 15 is 0 Å². The standard InChI is InChI=1S/C20H29N5O3/c1-5-8-25-17-16(19(27)24-20(25)28)14(10-15(23-17)11(2)3)18(26)22-13-6-7-21-12(4)9-13/h10-13,21H,5-9H2,1-4H3,(H,22,26)(H,24,27,28). The Hall–Kier alpha value is -2.48. The van der Waals surface area contributed by atoms with Gasteiger partial charge in [-0.2, -0.15) is 0 Å². The van der Waals surface area contributed by atoms with Crippen molar-refractivity contribution in [1.29, 1.82) is 0 Å². The van der Waals surface area contributed by atoms with Gasteiger partial charge in [0.05, 0.1) is 10.9 Å². The van der Waals surface area contributed by atoms with Gasteiger partial charge in [-0.1, -0.05) is 20.8 Å². The molecule has 1 amide bonds. The Labute approximate surface area is 163 Å². The summed E-state index contributed by atoms with van der Waals surface area (Å²) >= 11 is 0. The Kier molecular flexibility index (Phi) is 5.98. The van der Waals surface area contributed by atoms with E-state index < -0.39 is 11.2 Å². The molecule has 0 spiro atoms. The van der Waals surface area contributed by atoms with E-state index in [0.29, 0.717) is 24.7 Å². The molecule has 8 nitrogen and oxygen atoms in total. The number of pyridine rings is 1. The number of aryl methyl sites for hydroxylation is 1. The average Bonchev–Trinajstić information content (AvgIpc) is 2.64. The first-order chi connectivity index (χ1) is 13.3. The molecule has 0 aromatic carbocycles. The number of carbonyl (C=O) groups excluding carboxylic acids is 1. The van der Waals surface area contributed by atoms with Gasteiger partial charge in [0.2, 0.25) is 0 Å². The monoisotopic (exact) mass is 387 g/mol. The maximum atomic E-state index is 13.1. The highest BCUT2D eigenvalue weighted by atomic mass is 16.2. The fourth-order valence-corrected chi connectivity index (χ4v) is 3.73. The van der Waals surface area contributed by atoms with E-state index in [1.165, 1.54) is 4.57 Å². The van der Waals surface area contributed by atoms with Crippen molar-refractivity contribution in [1.82, 2.24) is 25.2 Å². The van der Waals surface area contributed by atoms with Gasteiger partial charge in [0, 0.05) is 24.3 Å². The Morgan fingerprint density at radius 3 is 2.79 bits per heavy atom. The van der Waals surface area contributed by atoms with E-state index in [0.717, 1.165) is 19.4 Å². The fraction of sp³-hybridized carbons (Fsp3) is 0.600. The fourth-order valence-electron chi connectivity index (χ4n) is 3.73. The van der Waals surface area contributed by atoms with Crippen LogP contribution in [-0.2, 0) is 6.54 Å². The number of hydrogen-bond acceptors (Lipinski definition) is 5. The quantitative estimate of drug-likeness (QED) is 0.720. The molecule has 1 aliphatic heterocycles. The number of H-pyrrole nitrogens is 1. The Morgan fingerprint density at radius 1 is 1.39 bits per heavy atom. The lowest BCUT2D eigenvalue weighted by atomic mass is 9.99. The van der Waals surface area contributed by atoms with Crippen molar-refractivity contribution in [3.05, 3.63) is 38.2 Å². The molecule has 2 aromatic heterocycles. The molecule has 1 fully saturated rings. The Morgan fingerprint density at radius 2 is 2.14 bits per heavy atom. The zero-order chi connectivity index (χ0) is 20.4. The zero-order valence-electron chi connectivity index (χ0n) is 17.0. The molecule has 1 aliphatic rings. The highest BCUT2D eigenvalue weighted by molar-refractivity contribution is 6.05. The van der Waals surface area contributed by atoms with Gasteiger partial charge in [-0.15, -0.1) is 0 Å². The predicted octanol–water partition coefficient (Wildman–Crippen LogP) is 1.49. The molecule has 1 saturated heterocycles. The normalized spacial score (nSPS) is 19.9. The van der Waals surface area contributed by atoms with Crippen LogP contribution in [0, 0.1) is 0 Å². The van der Waals surface area contributed by atoms with Gasteiger partial charge in [-0.25, -0.2) is 9.78 Å². The number of hydrogen-bond donors (Lipinski definition) is 3. The van der Waals surface area contributed by atoms with Crippen molar-refractivity contribution < 1.29 is 4.79 Å². The summed E-state index contributed by atoms with van der Waals surface area (Å²) in [6, 6.07) is 2.07. The lowest BCUT2D eigenvalue weighted by Crippen LogP contribution is -2.46. The number of rotatable bonds is 5. The minimum absolute atomic E-state index is 0.0510. The molecule has 3 N–H and O–H groups in total. The van der Waals surface area contributed by atoms with Crippen LogP contribution < -0.4 is 21.9 Å². The second kappa shape index (κ2) is 8.26. The number of carbonyl (C=O) groups is 1. The van der Waals surface area contributed by atoms with Crippen molar-refractivity contribution in [3.8, 4) is 0 Å². The van der Waals surface area contributed by atoms with Gasteiger partial charge in [-0.3, -0.25) is 19.1 Å². The largest absolute Gasteiger partial charge is 0.349 e. The van der Waals surface area contributed by atoms with Gasteiger partial charge in [0.25, 0.3) is 11.5 Å². The smallest absolute Gasteiger partial charge is 0.329 e. The molecule has 28 heavy (non-hydrogen) atoms. The number of aromatic amines is 1. The molecule has 3 heterocycles. The van der Waals surface area contributed by atoms with Crippen LogP contribution in [0.4, 0.5) is 0 Å². The first-order valence-corrected chi connectivity index (χ1v) is 10.0. The lowest BCUT2D eigenvalue weighted by molar-refractivity contribution is 0.0927. The Bertz CT molecular complexity index is 992. The first kappa shape index (κ1) is 20.3. The molecule has 0 saturated carbocycles. The molecular formula is C20H29N5O3. The SMILES string of the molecule is CCCn1c(=O)[nH]c(=O)c2c(C(=O)NC3CCNC(C)C3)cc(C(C)C)nc21. The van der Waals surface area contributed by atoms with Crippen LogP contribution >= 0.6 is 0 Å². The highest BCUT2D eigenvalue weighted by Crippen LogP contribution is 2.20.